The highest BCUT2D eigenvalue weighted by molar-refractivity contribution is 8.01. The van der Waals surface area contributed by atoms with Crippen LogP contribution in [0, 0.1) is 11.6 Å². The number of hydrogen-bond acceptors (Lipinski definition) is 5. The van der Waals surface area contributed by atoms with Gasteiger partial charge in [0.05, 0.1) is 10.6 Å². The molecule has 2 fully saturated rings. The van der Waals surface area contributed by atoms with Gasteiger partial charge in [-0.2, -0.15) is 0 Å². The first kappa shape index (κ1) is 17.4. The van der Waals surface area contributed by atoms with Gasteiger partial charge in [-0.3, -0.25) is 9.59 Å². The highest BCUT2D eigenvalue weighted by Crippen LogP contribution is 2.47. The molecular formula is C17H15F2N3O2S2. The maximum Gasteiger partial charge on any atom is 0.249 e. The van der Waals surface area contributed by atoms with E-state index in [0.29, 0.717) is 28.6 Å². The van der Waals surface area contributed by atoms with E-state index in [4.69, 9.17) is 0 Å². The van der Waals surface area contributed by atoms with E-state index >= 15 is 0 Å². The number of halogens is 2. The molecule has 1 N–H and O–H groups in total. The van der Waals surface area contributed by atoms with Crippen LogP contribution in [-0.4, -0.2) is 38.4 Å². The van der Waals surface area contributed by atoms with Crippen LogP contribution in [0.15, 0.2) is 23.6 Å². The summed E-state index contributed by atoms with van der Waals surface area (Å²) in [6.07, 6.45) is 1.21. The Morgan fingerprint density at radius 1 is 1.38 bits per heavy atom. The van der Waals surface area contributed by atoms with E-state index in [-0.39, 0.29) is 16.7 Å². The second kappa shape index (κ2) is 6.31. The van der Waals surface area contributed by atoms with E-state index in [1.165, 1.54) is 17.4 Å². The molecule has 1 aromatic carbocycles. The van der Waals surface area contributed by atoms with E-state index in [1.807, 2.05) is 6.92 Å². The zero-order chi connectivity index (χ0) is 18.5. The van der Waals surface area contributed by atoms with Crippen molar-refractivity contribution >= 4 is 40.0 Å². The fraction of sp³-hybridized carbons (Fsp3) is 0.353. The number of carbonyl (C=O) groups excluding carboxylic acids is 2. The van der Waals surface area contributed by atoms with Gasteiger partial charge < -0.3 is 10.2 Å². The first-order chi connectivity index (χ1) is 12.4. The minimum atomic E-state index is -0.948. The molecule has 3 heterocycles. The van der Waals surface area contributed by atoms with Crippen LogP contribution in [0.25, 0.3) is 11.3 Å². The summed E-state index contributed by atoms with van der Waals surface area (Å²) in [7, 11) is 0. The van der Waals surface area contributed by atoms with Crippen molar-refractivity contribution in [2.45, 2.75) is 30.7 Å². The first-order valence-electron chi connectivity index (χ1n) is 8.05. The van der Waals surface area contributed by atoms with Crippen LogP contribution in [0.5, 0.6) is 0 Å². The van der Waals surface area contributed by atoms with Crippen molar-refractivity contribution in [2.24, 2.45) is 0 Å². The Morgan fingerprint density at radius 2 is 2.19 bits per heavy atom. The number of benzene rings is 1. The Hall–Kier alpha value is -2.00. The van der Waals surface area contributed by atoms with E-state index in [9.17, 15) is 18.4 Å². The summed E-state index contributed by atoms with van der Waals surface area (Å²) in [6.45, 7) is 1.99. The quantitative estimate of drug-likeness (QED) is 0.864. The molecule has 0 radical (unpaired) electrons. The summed E-state index contributed by atoms with van der Waals surface area (Å²) in [6, 6.07) is 3.02. The molecule has 5 nitrogen and oxygen atoms in total. The first-order valence-corrected chi connectivity index (χ1v) is 9.92. The van der Waals surface area contributed by atoms with Gasteiger partial charge in [0.2, 0.25) is 11.8 Å². The molecule has 2 saturated heterocycles. The van der Waals surface area contributed by atoms with Crippen LogP contribution in [0.2, 0.25) is 0 Å². The average molecular weight is 395 g/mol. The highest BCUT2D eigenvalue weighted by Gasteiger charge is 2.52. The lowest BCUT2D eigenvalue weighted by molar-refractivity contribution is -0.135. The van der Waals surface area contributed by atoms with E-state index in [2.05, 4.69) is 10.3 Å². The normalized spacial score (nSPS) is 24.8. The Bertz CT molecular complexity index is 904. The molecule has 0 spiro atoms. The van der Waals surface area contributed by atoms with Crippen LogP contribution in [0.4, 0.5) is 13.9 Å². The van der Waals surface area contributed by atoms with Crippen LogP contribution < -0.4 is 5.32 Å². The lowest BCUT2D eigenvalue weighted by Gasteiger charge is -2.29. The van der Waals surface area contributed by atoms with Gasteiger partial charge in [-0.15, -0.1) is 23.1 Å². The summed E-state index contributed by atoms with van der Waals surface area (Å²) in [4.78, 5) is 30.4. The molecule has 4 rings (SSSR count). The Morgan fingerprint density at radius 3 is 2.96 bits per heavy atom. The predicted molar refractivity (Wildman–Crippen MR) is 96.8 cm³/mol. The lowest BCUT2D eigenvalue weighted by atomic mass is 10.2. The van der Waals surface area contributed by atoms with Crippen molar-refractivity contribution in [3.05, 3.63) is 35.2 Å². The predicted octanol–water partition coefficient (Wildman–Crippen LogP) is 3.48. The summed E-state index contributed by atoms with van der Waals surface area (Å²) < 4.78 is 26.4. The van der Waals surface area contributed by atoms with Gasteiger partial charge in [0.15, 0.2) is 16.8 Å². The maximum atomic E-state index is 13.4. The van der Waals surface area contributed by atoms with Gasteiger partial charge in [0.1, 0.15) is 6.04 Å². The van der Waals surface area contributed by atoms with E-state index < -0.39 is 17.7 Å². The fourth-order valence-corrected chi connectivity index (χ4v) is 5.48. The highest BCUT2D eigenvalue weighted by atomic mass is 32.2. The standard InChI is InChI=1S/C17H15F2N3O2S2/c1-17-5-4-14(23)22(17)13(8-26-17)15(24)21-16-20-12(7-25-16)9-2-3-10(18)11(19)6-9/h2-3,6-7,13H,4-5,8H2,1H3,(H,20,21,24)/t13-,17-/m0/s1. The van der Waals surface area contributed by atoms with Crippen molar-refractivity contribution in [2.75, 3.05) is 11.1 Å². The molecule has 0 unspecified atom stereocenters. The molecule has 136 valence electrons. The van der Waals surface area contributed by atoms with Gasteiger partial charge in [-0.05, 0) is 31.5 Å². The number of fused-ring (bicyclic) bond motifs is 1. The number of amides is 2. The zero-order valence-corrected chi connectivity index (χ0v) is 15.4. The Labute approximate surface area is 156 Å². The Kier molecular flexibility index (Phi) is 4.23. The summed E-state index contributed by atoms with van der Waals surface area (Å²) in [5, 5.41) is 4.77. The minimum Gasteiger partial charge on any atom is -0.315 e. The molecule has 2 aliphatic heterocycles. The number of anilines is 1. The van der Waals surface area contributed by atoms with Crippen LogP contribution in [-0.2, 0) is 9.59 Å². The lowest BCUT2D eigenvalue weighted by Crippen LogP contribution is -2.48. The number of nitrogens with zero attached hydrogens (tertiary/aromatic N) is 2. The van der Waals surface area contributed by atoms with Crippen LogP contribution >= 0.6 is 23.1 Å². The van der Waals surface area contributed by atoms with Crippen molar-refractivity contribution in [3.63, 3.8) is 0 Å². The minimum absolute atomic E-state index is 0.000680. The second-order valence-corrected chi connectivity index (χ2v) is 8.78. The summed E-state index contributed by atoms with van der Waals surface area (Å²) >= 11 is 2.82. The van der Waals surface area contributed by atoms with Gasteiger partial charge in [-0.25, -0.2) is 13.8 Å². The average Bonchev–Trinajstić information content (AvgIpc) is 3.27. The number of hydrogen-bond donors (Lipinski definition) is 1. The monoisotopic (exact) mass is 395 g/mol. The van der Waals surface area contributed by atoms with Gasteiger partial charge in [0.25, 0.3) is 0 Å². The molecule has 2 aliphatic rings. The molecule has 0 aliphatic carbocycles. The molecule has 9 heteroatoms. The van der Waals surface area contributed by atoms with Crippen molar-refractivity contribution in [3.8, 4) is 11.3 Å². The smallest absolute Gasteiger partial charge is 0.249 e. The van der Waals surface area contributed by atoms with E-state index in [1.54, 1.807) is 22.0 Å². The third-order valence-electron chi connectivity index (χ3n) is 4.70. The number of thiazole rings is 1. The number of thioether (sulfide) groups is 1. The number of nitrogens with one attached hydrogen (secondary N) is 1. The second-order valence-electron chi connectivity index (χ2n) is 6.42. The third kappa shape index (κ3) is 2.88. The molecular weight excluding hydrogens is 380 g/mol. The zero-order valence-electron chi connectivity index (χ0n) is 13.8. The van der Waals surface area contributed by atoms with Crippen LogP contribution in [0.1, 0.15) is 19.8 Å². The molecule has 2 atom stereocenters. The van der Waals surface area contributed by atoms with Crippen molar-refractivity contribution in [1.29, 1.82) is 0 Å². The number of rotatable bonds is 3. The maximum absolute atomic E-state index is 13.4. The fourth-order valence-electron chi connectivity index (χ4n) is 3.32. The molecule has 2 aromatic rings. The molecule has 1 aromatic heterocycles. The third-order valence-corrected chi connectivity index (χ3v) is 6.96. The largest absolute Gasteiger partial charge is 0.315 e. The van der Waals surface area contributed by atoms with E-state index in [0.717, 1.165) is 18.6 Å². The van der Waals surface area contributed by atoms with Gasteiger partial charge in [0, 0.05) is 23.1 Å². The number of aromatic nitrogens is 1. The van der Waals surface area contributed by atoms with Crippen LogP contribution in [0.3, 0.4) is 0 Å². The summed E-state index contributed by atoms with van der Waals surface area (Å²) in [5.41, 5.74) is 0.881. The topological polar surface area (TPSA) is 62.3 Å². The Balaban J connectivity index is 1.50. The molecule has 2 amide bonds. The molecule has 0 saturated carbocycles. The SMILES string of the molecule is C[C@]12CCC(=O)N1[C@H](C(=O)Nc1nc(-c3ccc(F)c(F)c3)cs1)CS2. The van der Waals surface area contributed by atoms with Crippen molar-refractivity contribution in [1.82, 2.24) is 9.88 Å². The molecule has 26 heavy (non-hydrogen) atoms. The van der Waals surface area contributed by atoms with Gasteiger partial charge in [-0.1, -0.05) is 0 Å². The number of carbonyl (C=O) groups is 2. The summed E-state index contributed by atoms with van der Waals surface area (Å²) in [5.74, 6) is -1.59. The van der Waals surface area contributed by atoms with Crippen molar-refractivity contribution < 1.29 is 18.4 Å². The molecule has 0 bridgehead atoms. The van der Waals surface area contributed by atoms with Gasteiger partial charge >= 0.3 is 0 Å².